The average molecular weight is 353 g/mol. The number of esters is 1. The summed E-state index contributed by atoms with van der Waals surface area (Å²) in [5.41, 5.74) is 1.61. The minimum atomic E-state index is -3.64. The number of aryl methyl sites for hydroxylation is 1. The van der Waals surface area contributed by atoms with Crippen molar-refractivity contribution in [3.8, 4) is 0 Å². The Morgan fingerprint density at radius 2 is 2.00 bits per heavy atom. The average Bonchev–Trinajstić information content (AvgIpc) is 3.05. The molecule has 1 heterocycles. The molecule has 2 aromatic rings. The Bertz CT molecular complexity index is 782. The molecule has 0 radical (unpaired) electrons. The third-order valence-electron chi connectivity index (χ3n) is 3.32. The van der Waals surface area contributed by atoms with Crippen molar-refractivity contribution in [3.63, 3.8) is 0 Å². The lowest BCUT2D eigenvalue weighted by atomic mass is 10.1. The summed E-state index contributed by atoms with van der Waals surface area (Å²) >= 11 is 1.17. The van der Waals surface area contributed by atoms with Gasteiger partial charge in [-0.3, -0.25) is 4.31 Å². The number of thiophene rings is 1. The summed E-state index contributed by atoms with van der Waals surface area (Å²) in [5.74, 6) is -0.460. The fourth-order valence-electron chi connectivity index (χ4n) is 2.21. The van der Waals surface area contributed by atoms with E-state index in [1.165, 1.54) is 15.6 Å². The summed E-state index contributed by atoms with van der Waals surface area (Å²) in [5, 5.41) is 1.72. The lowest BCUT2D eigenvalue weighted by molar-refractivity contribution is 0.0526. The summed E-state index contributed by atoms with van der Waals surface area (Å²) in [6.07, 6.45) is 0. The molecule has 0 aliphatic carbocycles. The number of sulfonamides is 1. The van der Waals surface area contributed by atoms with E-state index in [0.29, 0.717) is 11.3 Å². The van der Waals surface area contributed by atoms with Crippen LogP contribution in [-0.2, 0) is 14.8 Å². The SMILES string of the molecule is CCOC(=O)c1ccc(C)c(N(CC)S(=O)(=O)c2cccs2)c1. The molecule has 0 aliphatic heterocycles. The van der Waals surface area contributed by atoms with E-state index in [4.69, 9.17) is 4.74 Å². The van der Waals surface area contributed by atoms with Crippen LogP contribution in [0.4, 0.5) is 5.69 Å². The summed E-state index contributed by atoms with van der Waals surface area (Å²) in [4.78, 5) is 11.9. The van der Waals surface area contributed by atoms with E-state index in [1.807, 2.05) is 6.92 Å². The normalized spacial score (nSPS) is 11.3. The first-order valence-electron chi connectivity index (χ1n) is 7.25. The van der Waals surface area contributed by atoms with Crippen LogP contribution in [0, 0.1) is 6.92 Å². The first kappa shape index (κ1) is 17.5. The monoisotopic (exact) mass is 353 g/mol. The second kappa shape index (κ2) is 7.14. The van der Waals surface area contributed by atoms with Gasteiger partial charge in [0, 0.05) is 6.54 Å². The minimum Gasteiger partial charge on any atom is -0.462 e. The van der Waals surface area contributed by atoms with Crippen molar-refractivity contribution in [1.82, 2.24) is 0 Å². The lowest BCUT2D eigenvalue weighted by Crippen LogP contribution is -2.31. The van der Waals surface area contributed by atoms with E-state index >= 15 is 0 Å². The Balaban J connectivity index is 2.50. The predicted molar refractivity (Wildman–Crippen MR) is 91.7 cm³/mol. The number of ether oxygens (including phenoxy) is 1. The van der Waals surface area contributed by atoms with Gasteiger partial charge in [0.2, 0.25) is 0 Å². The maximum absolute atomic E-state index is 12.8. The fourth-order valence-corrected chi connectivity index (χ4v) is 4.84. The second-order valence-corrected chi connectivity index (χ2v) is 7.86. The largest absolute Gasteiger partial charge is 0.462 e. The van der Waals surface area contributed by atoms with E-state index < -0.39 is 16.0 Å². The molecule has 1 aromatic carbocycles. The number of hydrogen-bond donors (Lipinski definition) is 0. The van der Waals surface area contributed by atoms with Crippen molar-refractivity contribution >= 4 is 33.0 Å². The molecular formula is C16H19NO4S2. The molecule has 2 rings (SSSR count). The Kier molecular flexibility index (Phi) is 5.43. The van der Waals surface area contributed by atoms with Gasteiger partial charge in [0.15, 0.2) is 0 Å². The van der Waals surface area contributed by atoms with E-state index in [-0.39, 0.29) is 17.4 Å². The van der Waals surface area contributed by atoms with Crippen molar-refractivity contribution in [2.45, 2.75) is 25.0 Å². The summed E-state index contributed by atoms with van der Waals surface area (Å²) in [6.45, 7) is 5.85. The zero-order valence-corrected chi connectivity index (χ0v) is 14.9. The van der Waals surface area contributed by atoms with Gasteiger partial charge >= 0.3 is 5.97 Å². The van der Waals surface area contributed by atoms with Crippen molar-refractivity contribution in [2.24, 2.45) is 0 Å². The molecule has 124 valence electrons. The fraction of sp³-hybridized carbons (Fsp3) is 0.312. The summed E-state index contributed by atoms with van der Waals surface area (Å²) in [6, 6.07) is 8.22. The quantitative estimate of drug-likeness (QED) is 0.746. The number of nitrogens with zero attached hydrogens (tertiary/aromatic N) is 1. The van der Waals surface area contributed by atoms with E-state index in [1.54, 1.807) is 49.6 Å². The third kappa shape index (κ3) is 3.56. The molecular weight excluding hydrogens is 334 g/mol. The molecule has 0 amide bonds. The molecule has 7 heteroatoms. The third-order valence-corrected chi connectivity index (χ3v) is 6.58. The molecule has 0 N–H and O–H groups in total. The van der Waals surface area contributed by atoms with Gasteiger partial charge in [-0.05, 0) is 49.9 Å². The van der Waals surface area contributed by atoms with Crippen LogP contribution >= 0.6 is 11.3 Å². The molecule has 0 aliphatic rings. The second-order valence-electron chi connectivity index (χ2n) is 4.82. The molecule has 23 heavy (non-hydrogen) atoms. The summed E-state index contributed by atoms with van der Waals surface area (Å²) < 4.78 is 32.2. The molecule has 0 unspecified atom stereocenters. The van der Waals surface area contributed by atoms with Gasteiger partial charge in [-0.25, -0.2) is 13.2 Å². The van der Waals surface area contributed by atoms with E-state index in [9.17, 15) is 13.2 Å². The molecule has 0 atom stereocenters. The van der Waals surface area contributed by atoms with Gasteiger partial charge in [0.1, 0.15) is 4.21 Å². The van der Waals surface area contributed by atoms with Gasteiger partial charge in [0.25, 0.3) is 10.0 Å². The Hall–Kier alpha value is -1.86. The van der Waals surface area contributed by atoms with Crippen LogP contribution in [0.25, 0.3) is 0 Å². The topological polar surface area (TPSA) is 63.7 Å². The maximum Gasteiger partial charge on any atom is 0.338 e. The van der Waals surface area contributed by atoms with Crippen molar-refractivity contribution < 1.29 is 17.9 Å². The van der Waals surface area contributed by atoms with Crippen LogP contribution in [0.2, 0.25) is 0 Å². The highest BCUT2D eigenvalue weighted by Crippen LogP contribution is 2.29. The number of carbonyl (C=O) groups excluding carboxylic acids is 1. The molecule has 0 saturated heterocycles. The predicted octanol–water partition coefficient (Wildman–Crippen LogP) is 3.45. The number of hydrogen-bond acceptors (Lipinski definition) is 5. The Morgan fingerprint density at radius 1 is 1.26 bits per heavy atom. The molecule has 0 fully saturated rings. The van der Waals surface area contributed by atoms with Gasteiger partial charge in [-0.15, -0.1) is 11.3 Å². The van der Waals surface area contributed by atoms with Gasteiger partial charge in [-0.2, -0.15) is 0 Å². The minimum absolute atomic E-state index is 0.271. The number of benzene rings is 1. The number of anilines is 1. The van der Waals surface area contributed by atoms with Crippen molar-refractivity contribution in [2.75, 3.05) is 17.5 Å². The first-order chi connectivity index (χ1) is 10.9. The maximum atomic E-state index is 12.8. The highest BCUT2D eigenvalue weighted by atomic mass is 32.2. The van der Waals surface area contributed by atoms with Crippen LogP contribution in [0.5, 0.6) is 0 Å². The number of rotatable bonds is 6. The molecule has 1 aromatic heterocycles. The Morgan fingerprint density at radius 3 is 2.57 bits per heavy atom. The van der Waals surface area contributed by atoms with E-state index in [0.717, 1.165) is 5.56 Å². The van der Waals surface area contributed by atoms with Gasteiger partial charge in [-0.1, -0.05) is 12.1 Å². The van der Waals surface area contributed by atoms with Crippen LogP contribution < -0.4 is 4.31 Å². The van der Waals surface area contributed by atoms with E-state index in [2.05, 4.69) is 0 Å². The number of carbonyl (C=O) groups is 1. The summed E-state index contributed by atoms with van der Waals surface area (Å²) in [7, 11) is -3.64. The van der Waals surface area contributed by atoms with Gasteiger partial charge < -0.3 is 4.74 Å². The standard InChI is InChI=1S/C16H19NO4S2/c1-4-17(23(19,20)15-7-6-10-22-15)14-11-13(9-8-12(14)3)16(18)21-5-2/h6-11H,4-5H2,1-3H3. The van der Waals surface area contributed by atoms with Crippen LogP contribution in [0.15, 0.2) is 39.9 Å². The molecule has 0 spiro atoms. The van der Waals surface area contributed by atoms with Crippen LogP contribution in [-0.4, -0.2) is 27.5 Å². The molecule has 5 nitrogen and oxygen atoms in total. The lowest BCUT2D eigenvalue weighted by Gasteiger charge is -2.24. The van der Waals surface area contributed by atoms with Crippen molar-refractivity contribution in [1.29, 1.82) is 0 Å². The van der Waals surface area contributed by atoms with Crippen LogP contribution in [0.1, 0.15) is 29.8 Å². The zero-order chi connectivity index (χ0) is 17.0. The molecule has 0 bridgehead atoms. The first-order valence-corrected chi connectivity index (χ1v) is 9.57. The smallest absolute Gasteiger partial charge is 0.338 e. The van der Waals surface area contributed by atoms with Crippen molar-refractivity contribution in [3.05, 3.63) is 46.8 Å². The zero-order valence-electron chi connectivity index (χ0n) is 13.3. The van der Waals surface area contributed by atoms with Gasteiger partial charge in [0.05, 0.1) is 17.9 Å². The highest BCUT2D eigenvalue weighted by molar-refractivity contribution is 7.94. The highest BCUT2D eigenvalue weighted by Gasteiger charge is 2.26. The Labute approximate surface area is 140 Å². The van der Waals surface area contributed by atoms with Crippen LogP contribution in [0.3, 0.4) is 0 Å². The molecule has 0 saturated carbocycles.